The lowest BCUT2D eigenvalue weighted by atomic mass is 10.1. The standard InChI is InChI=1S/C20H15N3O2/c1-25-20(24)18-21-12-16-17(14-8-4-2-5-9-14)13-23(19(16)22-18)15-10-6-3-7-11-15/h2-13H,1H3. The number of carbonyl (C=O) groups excluding carboxylic acids is 1. The molecule has 0 saturated carbocycles. The number of nitrogens with zero attached hydrogens (tertiary/aromatic N) is 3. The quantitative estimate of drug-likeness (QED) is 0.535. The summed E-state index contributed by atoms with van der Waals surface area (Å²) < 4.78 is 6.71. The number of carbonyl (C=O) groups is 1. The Morgan fingerprint density at radius 2 is 1.68 bits per heavy atom. The molecule has 0 bridgehead atoms. The molecular weight excluding hydrogens is 314 g/mol. The Bertz CT molecular complexity index is 1040. The summed E-state index contributed by atoms with van der Waals surface area (Å²) >= 11 is 0. The highest BCUT2D eigenvalue weighted by Crippen LogP contribution is 2.31. The fraction of sp³-hybridized carbons (Fsp3) is 0.0500. The molecule has 0 amide bonds. The van der Waals surface area contributed by atoms with Crippen molar-refractivity contribution in [2.24, 2.45) is 0 Å². The molecule has 0 aliphatic carbocycles. The van der Waals surface area contributed by atoms with Crippen molar-refractivity contribution in [3.8, 4) is 16.8 Å². The maximum absolute atomic E-state index is 11.8. The molecule has 122 valence electrons. The number of hydrogen-bond acceptors (Lipinski definition) is 4. The number of rotatable bonds is 3. The lowest BCUT2D eigenvalue weighted by molar-refractivity contribution is 0.0587. The second-order valence-electron chi connectivity index (χ2n) is 5.54. The predicted molar refractivity (Wildman–Crippen MR) is 95.6 cm³/mol. The van der Waals surface area contributed by atoms with E-state index in [1.54, 1.807) is 6.20 Å². The molecule has 2 heterocycles. The summed E-state index contributed by atoms with van der Waals surface area (Å²) in [6.07, 6.45) is 3.70. The molecule has 0 fully saturated rings. The van der Waals surface area contributed by atoms with Gasteiger partial charge in [0.25, 0.3) is 0 Å². The first kappa shape index (κ1) is 15.1. The van der Waals surface area contributed by atoms with Crippen LogP contribution in [0.15, 0.2) is 73.1 Å². The van der Waals surface area contributed by atoms with Crippen LogP contribution in [0.25, 0.3) is 27.8 Å². The molecule has 4 rings (SSSR count). The van der Waals surface area contributed by atoms with E-state index in [4.69, 9.17) is 4.74 Å². The molecule has 0 spiro atoms. The van der Waals surface area contributed by atoms with Gasteiger partial charge in [-0.3, -0.25) is 0 Å². The Kier molecular flexibility index (Phi) is 3.74. The van der Waals surface area contributed by atoms with Crippen molar-refractivity contribution in [2.75, 3.05) is 7.11 Å². The van der Waals surface area contributed by atoms with Gasteiger partial charge < -0.3 is 9.30 Å². The minimum absolute atomic E-state index is 0.0462. The lowest BCUT2D eigenvalue weighted by Crippen LogP contribution is -2.08. The number of esters is 1. The van der Waals surface area contributed by atoms with Crippen LogP contribution in [0.4, 0.5) is 0 Å². The molecule has 2 aromatic heterocycles. The Balaban J connectivity index is 2.01. The number of para-hydroxylation sites is 1. The number of ether oxygens (including phenoxy) is 1. The summed E-state index contributed by atoms with van der Waals surface area (Å²) in [5.41, 5.74) is 3.71. The molecule has 0 aliphatic rings. The summed E-state index contributed by atoms with van der Waals surface area (Å²) in [4.78, 5) is 20.4. The van der Waals surface area contributed by atoms with Crippen LogP contribution in [0.1, 0.15) is 10.6 Å². The van der Waals surface area contributed by atoms with Crippen LogP contribution in [-0.2, 0) is 4.74 Å². The van der Waals surface area contributed by atoms with Crippen LogP contribution in [0, 0.1) is 0 Å². The molecule has 0 unspecified atom stereocenters. The lowest BCUT2D eigenvalue weighted by Gasteiger charge is -2.04. The van der Waals surface area contributed by atoms with Crippen LogP contribution in [0.5, 0.6) is 0 Å². The van der Waals surface area contributed by atoms with Gasteiger partial charge >= 0.3 is 5.97 Å². The molecular formula is C20H15N3O2. The Morgan fingerprint density at radius 3 is 2.36 bits per heavy atom. The van der Waals surface area contributed by atoms with E-state index in [2.05, 4.69) is 9.97 Å². The van der Waals surface area contributed by atoms with Gasteiger partial charge in [0, 0.05) is 29.0 Å². The van der Waals surface area contributed by atoms with Gasteiger partial charge in [-0.25, -0.2) is 14.8 Å². The van der Waals surface area contributed by atoms with E-state index in [9.17, 15) is 4.79 Å². The molecule has 0 radical (unpaired) electrons. The van der Waals surface area contributed by atoms with E-state index in [-0.39, 0.29) is 5.82 Å². The van der Waals surface area contributed by atoms with E-state index in [1.807, 2.05) is 71.4 Å². The smallest absolute Gasteiger partial charge is 0.376 e. The fourth-order valence-electron chi connectivity index (χ4n) is 2.83. The van der Waals surface area contributed by atoms with Gasteiger partial charge in [-0.1, -0.05) is 48.5 Å². The zero-order valence-corrected chi connectivity index (χ0v) is 13.6. The number of hydrogen-bond donors (Lipinski definition) is 0. The Labute approximate surface area is 144 Å². The zero-order valence-electron chi connectivity index (χ0n) is 13.6. The first-order valence-corrected chi connectivity index (χ1v) is 7.85. The van der Waals surface area contributed by atoms with Gasteiger partial charge in [0.05, 0.1) is 7.11 Å². The predicted octanol–water partition coefficient (Wildman–Crippen LogP) is 3.87. The van der Waals surface area contributed by atoms with E-state index < -0.39 is 5.97 Å². The van der Waals surface area contributed by atoms with Gasteiger partial charge in [-0.2, -0.15) is 0 Å². The topological polar surface area (TPSA) is 57.0 Å². The van der Waals surface area contributed by atoms with E-state index in [1.165, 1.54) is 7.11 Å². The highest BCUT2D eigenvalue weighted by Gasteiger charge is 2.17. The monoisotopic (exact) mass is 329 g/mol. The summed E-state index contributed by atoms with van der Waals surface area (Å²) in [7, 11) is 1.32. The molecule has 4 aromatic rings. The minimum atomic E-state index is -0.552. The third kappa shape index (κ3) is 2.65. The molecule has 0 saturated heterocycles. The molecule has 2 aromatic carbocycles. The number of methoxy groups -OCH3 is 1. The van der Waals surface area contributed by atoms with Crippen molar-refractivity contribution >= 4 is 17.0 Å². The molecule has 5 nitrogen and oxygen atoms in total. The summed E-state index contributed by atoms with van der Waals surface area (Å²) in [5, 5.41) is 0.878. The summed E-state index contributed by atoms with van der Waals surface area (Å²) in [5.74, 6) is -0.506. The second kappa shape index (κ2) is 6.20. The van der Waals surface area contributed by atoms with Crippen LogP contribution in [-0.4, -0.2) is 27.6 Å². The number of fused-ring (bicyclic) bond motifs is 1. The normalized spacial score (nSPS) is 10.8. The van der Waals surface area contributed by atoms with Crippen LogP contribution >= 0.6 is 0 Å². The fourth-order valence-corrected chi connectivity index (χ4v) is 2.83. The van der Waals surface area contributed by atoms with Gasteiger partial charge in [-0.15, -0.1) is 0 Å². The second-order valence-corrected chi connectivity index (χ2v) is 5.54. The van der Waals surface area contributed by atoms with E-state index in [0.29, 0.717) is 5.65 Å². The van der Waals surface area contributed by atoms with Crippen LogP contribution in [0.2, 0.25) is 0 Å². The third-order valence-corrected chi connectivity index (χ3v) is 4.03. The van der Waals surface area contributed by atoms with Gasteiger partial charge in [0.15, 0.2) is 0 Å². The van der Waals surface area contributed by atoms with Gasteiger partial charge in [0.1, 0.15) is 5.65 Å². The molecule has 5 heteroatoms. The maximum atomic E-state index is 11.8. The van der Waals surface area contributed by atoms with E-state index in [0.717, 1.165) is 22.2 Å². The Morgan fingerprint density at radius 1 is 1.00 bits per heavy atom. The van der Waals surface area contributed by atoms with Crippen molar-refractivity contribution in [1.82, 2.24) is 14.5 Å². The van der Waals surface area contributed by atoms with Crippen molar-refractivity contribution < 1.29 is 9.53 Å². The van der Waals surface area contributed by atoms with Crippen molar-refractivity contribution in [3.05, 3.63) is 78.9 Å². The zero-order chi connectivity index (χ0) is 17.2. The van der Waals surface area contributed by atoms with Crippen molar-refractivity contribution in [2.45, 2.75) is 0 Å². The number of benzene rings is 2. The van der Waals surface area contributed by atoms with E-state index >= 15 is 0 Å². The van der Waals surface area contributed by atoms with Crippen molar-refractivity contribution in [3.63, 3.8) is 0 Å². The molecule has 0 aliphatic heterocycles. The van der Waals surface area contributed by atoms with Gasteiger partial charge in [-0.05, 0) is 17.7 Å². The average molecular weight is 329 g/mol. The first-order chi connectivity index (χ1) is 12.3. The largest absolute Gasteiger partial charge is 0.463 e. The highest BCUT2D eigenvalue weighted by atomic mass is 16.5. The minimum Gasteiger partial charge on any atom is -0.463 e. The van der Waals surface area contributed by atoms with Crippen LogP contribution in [0.3, 0.4) is 0 Å². The molecule has 25 heavy (non-hydrogen) atoms. The summed E-state index contributed by atoms with van der Waals surface area (Å²) in [6.45, 7) is 0. The SMILES string of the molecule is COC(=O)c1ncc2c(-c3ccccc3)cn(-c3ccccc3)c2n1. The highest BCUT2D eigenvalue weighted by molar-refractivity contribution is 5.96. The van der Waals surface area contributed by atoms with Crippen molar-refractivity contribution in [1.29, 1.82) is 0 Å². The van der Waals surface area contributed by atoms with Gasteiger partial charge in [0.2, 0.25) is 5.82 Å². The maximum Gasteiger partial charge on any atom is 0.376 e. The third-order valence-electron chi connectivity index (χ3n) is 4.03. The summed E-state index contributed by atoms with van der Waals surface area (Å²) in [6, 6.07) is 19.9. The first-order valence-electron chi connectivity index (χ1n) is 7.85. The molecule has 0 atom stereocenters. The molecule has 0 N–H and O–H groups in total. The number of aromatic nitrogens is 3. The Hall–Kier alpha value is -3.47. The van der Waals surface area contributed by atoms with Crippen LogP contribution < -0.4 is 0 Å². The average Bonchev–Trinajstić information content (AvgIpc) is 3.07.